The van der Waals surface area contributed by atoms with E-state index in [2.05, 4.69) is 5.32 Å². The maximum absolute atomic E-state index is 13.2. The average molecular weight is 470 g/mol. The van der Waals surface area contributed by atoms with Gasteiger partial charge in [0.2, 0.25) is 21.8 Å². The molecule has 1 aliphatic heterocycles. The fourth-order valence-electron chi connectivity index (χ4n) is 4.50. The summed E-state index contributed by atoms with van der Waals surface area (Å²) in [6.45, 7) is 5.57. The minimum Gasteiger partial charge on any atom is -0.325 e. The normalized spacial score (nSPS) is 18.2. The first kappa shape index (κ1) is 23.4. The Balaban J connectivity index is 1.49. The fraction of sp³-hybridized carbons (Fsp3) is 0.440. The molecule has 1 fully saturated rings. The minimum atomic E-state index is -3.86. The lowest BCUT2D eigenvalue weighted by atomic mass is 9.84. The van der Waals surface area contributed by atoms with Crippen LogP contribution < -0.4 is 10.2 Å². The SMILES string of the molecule is Cc1cccc(NC(=O)CN(C)S(=O)(=O)c2ccc3c(c2)C[C@@H](C)N3C(=O)C2CCC2)c1C. The van der Waals surface area contributed by atoms with Crippen LogP contribution in [0.1, 0.15) is 42.9 Å². The van der Waals surface area contributed by atoms with Gasteiger partial charge in [0, 0.05) is 30.4 Å². The van der Waals surface area contributed by atoms with Crippen molar-refractivity contribution in [2.45, 2.75) is 57.4 Å². The number of aryl methyl sites for hydroxylation is 1. The van der Waals surface area contributed by atoms with E-state index in [1.54, 1.807) is 18.2 Å². The largest absolute Gasteiger partial charge is 0.325 e. The zero-order valence-corrected chi connectivity index (χ0v) is 20.4. The van der Waals surface area contributed by atoms with E-state index in [4.69, 9.17) is 0 Å². The predicted molar refractivity (Wildman–Crippen MR) is 129 cm³/mol. The van der Waals surface area contributed by atoms with Crippen molar-refractivity contribution < 1.29 is 18.0 Å². The number of benzene rings is 2. The van der Waals surface area contributed by atoms with Crippen molar-refractivity contribution in [3.63, 3.8) is 0 Å². The smallest absolute Gasteiger partial charge is 0.243 e. The number of rotatable bonds is 6. The molecule has 0 unspecified atom stereocenters. The van der Waals surface area contributed by atoms with Gasteiger partial charge in [-0.3, -0.25) is 9.59 Å². The van der Waals surface area contributed by atoms with Gasteiger partial charge in [0.05, 0.1) is 11.4 Å². The Morgan fingerprint density at radius 2 is 1.88 bits per heavy atom. The quantitative estimate of drug-likeness (QED) is 0.700. The van der Waals surface area contributed by atoms with Gasteiger partial charge >= 0.3 is 0 Å². The van der Waals surface area contributed by atoms with Crippen molar-refractivity contribution in [3.8, 4) is 0 Å². The van der Waals surface area contributed by atoms with Crippen LogP contribution in [0.25, 0.3) is 0 Å². The van der Waals surface area contributed by atoms with Crippen LogP contribution in [0.4, 0.5) is 11.4 Å². The van der Waals surface area contributed by atoms with Crippen LogP contribution in [0, 0.1) is 19.8 Å². The van der Waals surface area contributed by atoms with Crippen molar-refractivity contribution in [1.82, 2.24) is 4.31 Å². The molecule has 33 heavy (non-hydrogen) atoms. The molecule has 1 atom stereocenters. The number of likely N-dealkylation sites (N-methyl/N-ethyl adjacent to an activating group) is 1. The third-order valence-electron chi connectivity index (χ3n) is 6.91. The van der Waals surface area contributed by atoms with Crippen LogP contribution >= 0.6 is 0 Å². The third-order valence-corrected chi connectivity index (χ3v) is 8.71. The van der Waals surface area contributed by atoms with E-state index in [9.17, 15) is 18.0 Å². The van der Waals surface area contributed by atoms with Crippen LogP contribution in [0.2, 0.25) is 0 Å². The third kappa shape index (κ3) is 4.42. The average Bonchev–Trinajstić information content (AvgIpc) is 3.04. The van der Waals surface area contributed by atoms with Crippen LogP contribution in [-0.2, 0) is 26.0 Å². The topological polar surface area (TPSA) is 86.8 Å². The summed E-state index contributed by atoms with van der Waals surface area (Å²) in [5, 5.41) is 2.80. The lowest BCUT2D eigenvalue weighted by Crippen LogP contribution is -2.42. The molecular formula is C25H31N3O4S. The molecule has 0 radical (unpaired) electrons. The van der Waals surface area contributed by atoms with Gasteiger partial charge in [0.25, 0.3) is 0 Å². The van der Waals surface area contributed by atoms with Gasteiger partial charge < -0.3 is 10.2 Å². The first-order valence-corrected chi connectivity index (χ1v) is 12.8. The Bertz CT molecular complexity index is 1200. The van der Waals surface area contributed by atoms with Crippen molar-refractivity contribution >= 4 is 33.2 Å². The van der Waals surface area contributed by atoms with E-state index < -0.39 is 15.9 Å². The number of carbonyl (C=O) groups excluding carboxylic acids is 2. The lowest BCUT2D eigenvalue weighted by Gasteiger charge is -2.32. The highest BCUT2D eigenvalue weighted by Crippen LogP contribution is 2.38. The second kappa shape index (κ2) is 8.91. The highest BCUT2D eigenvalue weighted by molar-refractivity contribution is 7.89. The van der Waals surface area contributed by atoms with E-state index in [-0.39, 0.29) is 29.3 Å². The molecule has 1 N–H and O–H groups in total. The summed E-state index contributed by atoms with van der Waals surface area (Å²) in [4.78, 5) is 27.4. The van der Waals surface area contributed by atoms with E-state index in [0.717, 1.165) is 45.9 Å². The minimum absolute atomic E-state index is 0.00660. The lowest BCUT2D eigenvalue weighted by molar-refractivity contribution is -0.125. The van der Waals surface area contributed by atoms with Gasteiger partial charge in [-0.25, -0.2) is 8.42 Å². The molecule has 8 heteroatoms. The molecule has 0 aromatic heterocycles. The molecule has 2 aromatic carbocycles. The number of nitrogens with one attached hydrogen (secondary N) is 1. The molecule has 4 rings (SSSR count). The summed E-state index contributed by atoms with van der Waals surface area (Å²) >= 11 is 0. The van der Waals surface area contributed by atoms with Crippen molar-refractivity contribution in [2.24, 2.45) is 5.92 Å². The Morgan fingerprint density at radius 1 is 1.15 bits per heavy atom. The number of sulfonamides is 1. The Hall–Kier alpha value is -2.71. The van der Waals surface area contributed by atoms with Gasteiger partial charge in [-0.2, -0.15) is 4.31 Å². The maximum atomic E-state index is 13.2. The molecule has 2 amide bonds. The summed E-state index contributed by atoms with van der Waals surface area (Å²) in [6.07, 6.45) is 3.57. The predicted octanol–water partition coefficient (Wildman–Crippen LogP) is 3.64. The molecule has 1 heterocycles. The zero-order valence-electron chi connectivity index (χ0n) is 19.6. The van der Waals surface area contributed by atoms with Crippen LogP contribution in [-0.4, -0.2) is 44.2 Å². The number of hydrogen-bond donors (Lipinski definition) is 1. The number of fused-ring (bicyclic) bond motifs is 1. The molecule has 0 bridgehead atoms. The number of amides is 2. The zero-order chi connectivity index (χ0) is 23.9. The van der Waals surface area contributed by atoms with E-state index >= 15 is 0 Å². The van der Waals surface area contributed by atoms with E-state index in [0.29, 0.717) is 12.1 Å². The number of nitrogens with zero attached hydrogens (tertiary/aromatic N) is 2. The fourth-order valence-corrected chi connectivity index (χ4v) is 5.68. The first-order chi connectivity index (χ1) is 15.6. The highest BCUT2D eigenvalue weighted by Gasteiger charge is 2.37. The standard InChI is InChI=1S/C25H31N3O4S/c1-16-7-5-10-22(18(16)3)26-24(29)15-27(4)33(31,32)21-11-12-23-20(14-21)13-17(2)28(23)25(30)19-8-6-9-19/h5,7,10-12,14,17,19H,6,8-9,13,15H2,1-4H3,(H,26,29)/t17-/m1/s1. The Kier molecular flexibility index (Phi) is 6.33. The molecule has 2 aromatic rings. The van der Waals surface area contributed by atoms with E-state index in [1.165, 1.54) is 13.1 Å². The summed E-state index contributed by atoms with van der Waals surface area (Å²) < 4.78 is 27.4. The number of hydrogen-bond acceptors (Lipinski definition) is 4. The second-order valence-electron chi connectivity index (χ2n) is 9.24. The van der Waals surface area contributed by atoms with Crippen molar-refractivity contribution in [1.29, 1.82) is 0 Å². The van der Waals surface area contributed by atoms with Crippen LogP contribution in [0.5, 0.6) is 0 Å². The molecule has 1 saturated carbocycles. The molecule has 1 aliphatic carbocycles. The molecule has 0 saturated heterocycles. The molecule has 176 valence electrons. The van der Waals surface area contributed by atoms with Gasteiger partial charge in [-0.15, -0.1) is 0 Å². The van der Waals surface area contributed by atoms with Gasteiger partial charge in [0.15, 0.2) is 0 Å². The summed E-state index contributed by atoms with van der Waals surface area (Å²) in [5.41, 5.74) is 4.32. The van der Waals surface area contributed by atoms with Gasteiger partial charge in [-0.1, -0.05) is 18.6 Å². The molecule has 0 spiro atoms. The number of anilines is 2. The highest BCUT2D eigenvalue weighted by atomic mass is 32.2. The molecule has 2 aliphatic rings. The summed E-state index contributed by atoms with van der Waals surface area (Å²) in [7, 11) is -2.46. The van der Waals surface area contributed by atoms with Crippen molar-refractivity contribution in [3.05, 3.63) is 53.1 Å². The van der Waals surface area contributed by atoms with Crippen LogP contribution in [0.15, 0.2) is 41.3 Å². The van der Waals surface area contributed by atoms with Crippen LogP contribution in [0.3, 0.4) is 0 Å². The summed E-state index contributed by atoms with van der Waals surface area (Å²) in [5.74, 6) is -0.173. The Labute approximate surface area is 195 Å². The second-order valence-corrected chi connectivity index (χ2v) is 11.3. The molecule has 7 nitrogen and oxygen atoms in total. The van der Waals surface area contributed by atoms with Crippen molar-refractivity contribution in [2.75, 3.05) is 23.8 Å². The number of carbonyl (C=O) groups is 2. The van der Waals surface area contributed by atoms with Gasteiger partial charge in [0.1, 0.15) is 0 Å². The van der Waals surface area contributed by atoms with Gasteiger partial charge in [-0.05, 0) is 81.0 Å². The van der Waals surface area contributed by atoms with E-state index in [1.807, 2.05) is 37.8 Å². The Morgan fingerprint density at radius 3 is 2.55 bits per heavy atom. The first-order valence-electron chi connectivity index (χ1n) is 11.4. The maximum Gasteiger partial charge on any atom is 0.243 e. The monoisotopic (exact) mass is 469 g/mol. The molecular weight excluding hydrogens is 438 g/mol. The summed E-state index contributed by atoms with van der Waals surface area (Å²) in [6, 6.07) is 10.5.